The largest absolute Gasteiger partial charge is 0.363 e. The van der Waals surface area contributed by atoms with Gasteiger partial charge in [-0.3, -0.25) is 4.79 Å². The van der Waals surface area contributed by atoms with Crippen molar-refractivity contribution < 1.29 is 4.79 Å². The van der Waals surface area contributed by atoms with E-state index < -0.39 is 0 Å². The van der Waals surface area contributed by atoms with Crippen LogP contribution >= 0.6 is 0 Å². The first-order valence-electron chi connectivity index (χ1n) is 7.57. The van der Waals surface area contributed by atoms with Crippen LogP contribution < -0.4 is 9.80 Å². The van der Waals surface area contributed by atoms with Crippen molar-refractivity contribution in [3.05, 3.63) is 11.8 Å². The fourth-order valence-electron chi connectivity index (χ4n) is 2.43. The Bertz CT molecular complexity index is 495. The lowest BCUT2D eigenvalue weighted by molar-refractivity contribution is -0.131. The summed E-state index contributed by atoms with van der Waals surface area (Å²) in [4.78, 5) is 27.1. The monoisotopic (exact) mass is 291 g/mol. The molecule has 21 heavy (non-hydrogen) atoms. The molecule has 0 spiro atoms. The Labute approximate surface area is 126 Å². The highest BCUT2D eigenvalue weighted by atomic mass is 16.2. The molecule has 1 amide bonds. The first-order chi connectivity index (χ1) is 10.0. The lowest BCUT2D eigenvalue weighted by Crippen LogP contribution is -2.49. The summed E-state index contributed by atoms with van der Waals surface area (Å²) in [6.45, 7) is 7.13. The second kappa shape index (κ2) is 6.74. The summed E-state index contributed by atoms with van der Waals surface area (Å²) in [5.41, 5.74) is 0.966. The number of amides is 1. The van der Waals surface area contributed by atoms with E-state index in [-0.39, 0.29) is 5.91 Å². The van der Waals surface area contributed by atoms with Gasteiger partial charge in [0.15, 0.2) is 0 Å². The number of rotatable bonds is 4. The Morgan fingerprint density at radius 2 is 1.90 bits per heavy atom. The molecule has 0 unspecified atom stereocenters. The first kappa shape index (κ1) is 15.5. The number of nitrogens with zero attached hydrogens (tertiary/aromatic N) is 5. The minimum Gasteiger partial charge on any atom is -0.363 e. The third-order valence-electron chi connectivity index (χ3n) is 3.67. The lowest BCUT2D eigenvalue weighted by atomic mass is 10.2. The number of carbonyl (C=O) groups is 1. The fourth-order valence-corrected chi connectivity index (χ4v) is 2.43. The van der Waals surface area contributed by atoms with E-state index in [4.69, 9.17) is 0 Å². The predicted octanol–water partition coefficient (Wildman–Crippen LogP) is 1.30. The molecule has 0 radical (unpaired) electrons. The minimum atomic E-state index is 0.260. The first-order valence-corrected chi connectivity index (χ1v) is 7.57. The molecule has 0 N–H and O–H groups in total. The van der Waals surface area contributed by atoms with Crippen molar-refractivity contribution >= 4 is 17.7 Å². The molecule has 116 valence electrons. The number of piperazine rings is 1. The molecule has 0 saturated carbocycles. The van der Waals surface area contributed by atoms with Crippen molar-refractivity contribution in [1.82, 2.24) is 14.9 Å². The van der Waals surface area contributed by atoms with Crippen LogP contribution in [0.25, 0.3) is 0 Å². The summed E-state index contributed by atoms with van der Waals surface area (Å²) in [7, 11) is 3.96. The molecule has 6 heteroatoms. The van der Waals surface area contributed by atoms with Crippen molar-refractivity contribution in [2.75, 3.05) is 50.1 Å². The number of aryl methyl sites for hydroxylation is 1. The molecule has 0 aliphatic carbocycles. The molecule has 1 aromatic rings. The highest BCUT2D eigenvalue weighted by Crippen LogP contribution is 2.17. The summed E-state index contributed by atoms with van der Waals surface area (Å²) in [6, 6.07) is 1.98. The van der Waals surface area contributed by atoms with Gasteiger partial charge in [-0.1, -0.05) is 6.92 Å². The molecule has 1 fully saturated rings. The molecule has 1 aliphatic heterocycles. The maximum Gasteiger partial charge on any atom is 0.227 e. The van der Waals surface area contributed by atoms with Crippen LogP contribution in [0.2, 0.25) is 0 Å². The van der Waals surface area contributed by atoms with Crippen LogP contribution in [0, 0.1) is 6.92 Å². The average Bonchev–Trinajstić information content (AvgIpc) is 2.47. The Kier molecular flexibility index (Phi) is 4.98. The van der Waals surface area contributed by atoms with E-state index >= 15 is 0 Å². The Morgan fingerprint density at radius 1 is 1.24 bits per heavy atom. The SMILES string of the molecule is CCCC(=O)N1CCN(c2nc(C)cc(N(C)C)n2)CC1. The topological polar surface area (TPSA) is 52.6 Å². The van der Waals surface area contributed by atoms with Gasteiger partial charge >= 0.3 is 0 Å². The molecular formula is C15H25N5O. The van der Waals surface area contributed by atoms with Crippen LogP contribution in [0.3, 0.4) is 0 Å². The number of hydrogen-bond donors (Lipinski definition) is 0. The standard InChI is InChI=1S/C15H25N5O/c1-5-6-14(21)19-7-9-20(10-8-19)15-16-12(2)11-13(17-15)18(3)4/h11H,5-10H2,1-4H3. The van der Waals surface area contributed by atoms with E-state index in [0.717, 1.165) is 50.1 Å². The molecule has 6 nitrogen and oxygen atoms in total. The van der Waals surface area contributed by atoms with Crippen LogP contribution in [0.15, 0.2) is 6.07 Å². The van der Waals surface area contributed by atoms with Crippen LogP contribution in [0.1, 0.15) is 25.5 Å². The van der Waals surface area contributed by atoms with E-state index in [2.05, 4.69) is 14.9 Å². The summed E-state index contributed by atoms with van der Waals surface area (Å²) in [5, 5.41) is 0. The molecule has 0 bridgehead atoms. The quantitative estimate of drug-likeness (QED) is 0.837. The zero-order chi connectivity index (χ0) is 15.4. The van der Waals surface area contributed by atoms with Crippen molar-refractivity contribution in [2.45, 2.75) is 26.7 Å². The van der Waals surface area contributed by atoms with Crippen LogP contribution in [0.5, 0.6) is 0 Å². The van der Waals surface area contributed by atoms with Gasteiger partial charge in [0.25, 0.3) is 0 Å². The van der Waals surface area contributed by atoms with Crippen molar-refractivity contribution in [1.29, 1.82) is 0 Å². The number of hydrogen-bond acceptors (Lipinski definition) is 5. The van der Waals surface area contributed by atoms with E-state index in [0.29, 0.717) is 6.42 Å². The van der Waals surface area contributed by atoms with Crippen LogP contribution in [-0.2, 0) is 4.79 Å². The Hall–Kier alpha value is -1.85. The predicted molar refractivity (Wildman–Crippen MR) is 84.8 cm³/mol. The van der Waals surface area contributed by atoms with Gasteiger partial charge in [-0.25, -0.2) is 4.98 Å². The van der Waals surface area contributed by atoms with Gasteiger partial charge in [0.1, 0.15) is 5.82 Å². The van der Waals surface area contributed by atoms with Crippen LogP contribution in [0.4, 0.5) is 11.8 Å². The zero-order valence-electron chi connectivity index (χ0n) is 13.5. The summed E-state index contributed by atoms with van der Waals surface area (Å²) < 4.78 is 0. The van der Waals surface area contributed by atoms with Gasteiger partial charge in [0.2, 0.25) is 11.9 Å². The number of aromatic nitrogens is 2. The van der Waals surface area contributed by atoms with Gasteiger partial charge in [-0.05, 0) is 13.3 Å². The van der Waals surface area contributed by atoms with E-state index in [1.807, 2.05) is 43.8 Å². The third kappa shape index (κ3) is 3.83. The van der Waals surface area contributed by atoms with Crippen molar-refractivity contribution in [3.63, 3.8) is 0 Å². The van der Waals surface area contributed by atoms with Crippen molar-refractivity contribution in [2.24, 2.45) is 0 Å². The highest BCUT2D eigenvalue weighted by molar-refractivity contribution is 5.76. The Balaban J connectivity index is 2.03. The summed E-state index contributed by atoms with van der Waals surface area (Å²) in [6.07, 6.45) is 1.55. The molecule has 1 saturated heterocycles. The molecule has 1 aliphatic rings. The van der Waals surface area contributed by atoms with Crippen molar-refractivity contribution in [3.8, 4) is 0 Å². The minimum absolute atomic E-state index is 0.260. The zero-order valence-corrected chi connectivity index (χ0v) is 13.5. The van der Waals surface area contributed by atoms with Gasteiger partial charge in [0, 0.05) is 58.5 Å². The molecular weight excluding hydrogens is 266 g/mol. The van der Waals surface area contributed by atoms with Gasteiger partial charge in [-0.2, -0.15) is 4.98 Å². The Morgan fingerprint density at radius 3 is 2.48 bits per heavy atom. The lowest BCUT2D eigenvalue weighted by Gasteiger charge is -2.35. The molecule has 2 rings (SSSR count). The second-order valence-electron chi connectivity index (χ2n) is 5.68. The van der Waals surface area contributed by atoms with Crippen LogP contribution in [-0.4, -0.2) is 61.0 Å². The molecule has 2 heterocycles. The normalized spacial score (nSPS) is 15.2. The molecule has 0 atom stereocenters. The van der Waals surface area contributed by atoms with Gasteiger partial charge in [-0.15, -0.1) is 0 Å². The maximum absolute atomic E-state index is 11.9. The smallest absolute Gasteiger partial charge is 0.227 e. The number of anilines is 2. The van der Waals surface area contributed by atoms with E-state index in [9.17, 15) is 4.79 Å². The summed E-state index contributed by atoms with van der Waals surface area (Å²) in [5.74, 6) is 1.94. The number of carbonyl (C=O) groups excluding carboxylic acids is 1. The maximum atomic E-state index is 11.9. The van der Waals surface area contributed by atoms with Gasteiger partial charge in [0.05, 0.1) is 0 Å². The molecule has 0 aromatic carbocycles. The fraction of sp³-hybridized carbons (Fsp3) is 0.667. The average molecular weight is 291 g/mol. The van der Waals surface area contributed by atoms with Gasteiger partial charge < -0.3 is 14.7 Å². The second-order valence-corrected chi connectivity index (χ2v) is 5.68. The van der Waals surface area contributed by atoms with E-state index in [1.54, 1.807) is 0 Å². The van der Waals surface area contributed by atoms with E-state index in [1.165, 1.54) is 0 Å². The highest BCUT2D eigenvalue weighted by Gasteiger charge is 2.22. The third-order valence-corrected chi connectivity index (χ3v) is 3.67. The molecule has 1 aromatic heterocycles. The summed E-state index contributed by atoms with van der Waals surface area (Å²) >= 11 is 0.